The second kappa shape index (κ2) is 6.53. The number of nitrogens with two attached hydrogens (primary N) is 1. The summed E-state index contributed by atoms with van der Waals surface area (Å²) in [5.74, 6) is 4.37. The minimum Gasteiger partial charge on any atom is -0.293 e. The van der Waals surface area contributed by atoms with Crippen LogP contribution in [0, 0.1) is 0 Å². The van der Waals surface area contributed by atoms with Gasteiger partial charge in [-0.3, -0.25) is 14.5 Å². The van der Waals surface area contributed by atoms with E-state index >= 15 is 0 Å². The van der Waals surface area contributed by atoms with Crippen LogP contribution in [-0.4, -0.2) is 26.6 Å². The molecule has 0 heterocycles. The third-order valence-corrected chi connectivity index (χ3v) is 4.52. The molecule has 0 aliphatic heterocycles. The van der Waals surface area contributed by atoms with Gasteiger partial charge in [0.1, 0.15) is 6.54 Å². The van der Waals surface area contributed by atoms with Gasteiger partial charge in [0.15, 0.2) is 0 Å². The van der Waals surface area contributed by atoms with Gasteiger partial charge in [0.05, 0.1) is 11.4 Å². The lowest BCUT2D eigenvalue weighted by Crippen LogP contribution is -2.43. The number of nitrogens with one attached hydrogen (secondary N) is 1. The molecule has 106 valence electrons. The van der Waals surface area contributed by atoms with Crippen molar-refractivity contribution in [2.24, 2.45) is 5.84 Å². The molecule has 0 saturated carbocycles. The van der Waals surface area contributed by atoms with Gasteiger partial charge in [-0.05, 0) is 31.0 Å². The maximum Gasteiger partial charge on any atom is 0.254 e. The summed E-state index contributed by atoms with van der Waals surface area (Å²) in [6.07, 6.45) is 0.865. The van der Waals surface area contributed by atoms with Crippen LogP contribution < -0.4 is 15.6 Å². The zero-order chi connectivity index (χ0) is 14.5. The Morgan fingerprint density at radius 3 is 2.26 bits per heavy atom. The average Bonchev–Trinajstić information content (AvgIpc) is 2.44. The molecule has 0 fully saturated rings. The van der Waals surface area contributed by atoms with Crippen LogP contribution in [0.3, 0.4) is 0 Å². The Morgan fingerprint density at radius 2 is 1.84 bits per heavy atom. The number of aryl methyl sites for hydroxylation is 1. The lowest BCUT2D eigenvalue weighted by molar-refractivity contribution is -0.119. The first-order valence-electron chi connectivity index (χ1n) is 6.03. The summed E-state index contributed by atoms with van der Waals surface area (Å²) in [5.41, 5.74) is 3.50. The molecule has 1 amide bonds. The smallest absolute Gasteiger partial charge is 0.254 e. The average molecular weight is 285 g/mol. The number of carbonyl (C=O) groups is 1. The zero-order valence-electron chi connectivity index (χ0n) is 11.1. The number of benzene rings is 1. The number of hydrazine groups is 1. The Morgan fingerprint density at radius 1 is 1.26 bits per heavy atom. The van der Waals surface area contributed by atoms with Crippen molar-refractivity contribution in [2.75, 3.05) is 16.6 Å². The van der Waals surface area contributed by atoms with Gasteiger partial charge >= 0.3 is 0 Å². The second-order valence-corrected chi connectivity index (χ2v) is 6.18. The predicted molar refractivity (Wildman–Crippen MR) is 75.0 cm³/mol. The summed E-state index contributed by atoms with van der Waals surface area (Å²) in [5, 5.41) is 0. The summed E-state index contributed by atoms with van der Waals surface area (Å²) < 4.78 is 25.1. The lowest BCUT2D eigenvalue weighted by atomic mass is 10.1. The Hall–Kier alpha value is -1.60. The van der Waals surface area contributed by atoms with Gasteiger partial charge in [-0.2, -0.15) is 0 Å². The molecule has 0 aliphatic rings. The van der Waals surface area contributed by atoms with Crippen molar-refractivity contribution in [1.29, 1.82) is 0 Å². The van der Waals surface area contributed by atoms with Crippen LogP contribution in [0.15, 0.2) is 24.3 Å². The molecule has 0 aliphatic carbocycles. The molecule has 1 aromatic carbocycles. The number of hydrogen-bond acceptors (Lipinski definition) is 4. The number of rotatable bonds is 6. The van der Waals surface area contributed by atoms with E-state index in [-0.39, 0.29) is 12.3 Å². The SMILES string of the molecule is CCc1ccc(N(CC(=O)NN)S(=O)(=O)CC)cc1. The fourth-order valence-electron chi connectivity index (χ4n) is 1.58. The van der Waals surface area contributed by atoms with Gasteiger partial charge in [-0.25, -0.2) is 14.3 Å². The lowest BCUT2D eigenvalue weighted by Gasteiger charge is -2.23. The van der Waals surface area contributed by atoms with Crippen LogP contribution in [0.5, 0.6) is 0 Å². The van der Waals surface area contributed by atoms with Gasteiger partial charge in [0.25, 0.3) is 5.91 Å². The molecule has 3 N–H and O–H groups in total. The number of amides is 1. The fourth-order valence-corrected chi connectivity index (χ4v) is 2.65. The van der Waals surface area contributed by atoms with Gasteiger partial charge < -0.3 is 0 Å². The van der Waals surface area contributed by atoms with E-state index in [0.717, 1.165) is 16.3 Å². The molecule has 0 unspecified atom stereocenters. The molecule has 0 bridgehead atoms. The highest BCUT2D eigenvalue weighted by atomic mass is 32.2. The van der Waals surface area contributed by atoms with Crippen LogP contribution >= 0.6 is 0 Å². The van der Waals surface area contributed by atoms with E-state index in [2.05, 4.69) is 0 Å². The summed E-state index contributed by atoms with van der Waals surface area (Å²) in [4.78, 5) is 11.3. The first kappa shape index (κ1) is 15.5. The van der Waals surface area contributed by atoms with Crippen molar-refractivity contribution in [2.45, 2.75) is 20.3 Å². The van der Waals surface area contributed by atoms with Crippen molar-refractivity contribution >= 4 is 21.6 Å². The van der Waals surface area contributed by atoms with E-state index in [0.29, 0.717) is 5.69 Å². The summed E-state index contributed by atoms with van der Waals surface area (Å²) in [7, 11) is -3.52. The first-order chi connectivity index (χ1) is 8.94. The molecular formula is C12H19N3O3S. The molecular weight excluding hydrogens is 266 g/mol. The van der Waals surface area contributed by atoms with E-state index < -0.39 is 15.9 Å². The quantitative estimate of drug-likeness (QED) is 0.449. The van der Waals surface area contributed by atoms with E-state index in [1.54, 1.807) is 12.1 Å². The molecule has 7 heteroatoms. The molecule has 0 atom stereocenters. The zero-order valence-corrected chi connectivity index (χ0v) is 11.9. The van der Waals surface area contributed by atoms with E-state index in [1.807, 2.05) is 24.5 Å². The molecule has 0 aromatic heterocycles. The Balaban J connectivity index is 3.11. The summed E-state index contributed by atoms with van der Waals surface area (Å²) >= 11 is 0. The van der Waals surface area contributed by atoms with Crippen LogP contribution in [0.25, 0.3) is 0 Å². The highest BCUT2D eigenvalue weighted by Crippen LogP contribution is 2.19. The fraction of sp³-hybridized carbons (Fsp3) is 0.417. The maximum atomic E-state index is 12.0. The molecule has 0 saturated heterocycles. The topological polar surface area (TPSA) is 92.5 Å². The van der Waals surface area contributed by atoms with Gasteiger partial charge in [0.2, 0.25) is 10.0 Å². The number of sulfonamides is 1. The van der Waals surface area contributed by atoms with Crippen molar-refractivity contribution < 1.29 is 13.2 Å². The minimum atomic E-state index is -3.52. The Bertz CT molecular complexity index is 526. The van der Waals surface area contributed by atoms with Crippen molar-refractivity contribution in [3.8, 4) is 0 Å². The molecule has 6 nitrogen and oxygen atoms in total. The Labute approximate surface area is 113 Å². The van der Waals surface area contributed by atoms with Crippen LogP contribution in [0.4, 0.5) is 5.69 Å². The van der Waals surface area contributed by atoms with E-state index in [1.165, 1.54) is 6.92 Å². The van der Waals surface area contributed by atoms with Crippen LogP contribution in [-0.2, 0) is 21.2 Å². The van der Waals surface area contributed by atoms with E-state index in [4.69, 9.17) is 5.84 Å². The minimum absolute atomic E-state index is 0.0830. The number of nitrogens with zero attached hydrogens (tertiary/aromatic N) is 1. The summed E-state index contributed by atoms with van der Waals surface area (Å²) in [6, 6.07) is 7.06. The van der Waals surface area contributed by atoms with Crippen LogP contribution in [0.1, 0.15) is 19.4 Å². The van der Waals surface area contributed by atoms with Crippen molar-refractivity contribution in [3.05, 3.63) is 29.8 Å². The van der Waals surface area contributed by atoms with E-state index in [9.17, 15) is 13.2 Å². The largest absolute Gasteiger partial charge is 0.293 e. The standard InChI is InChI=1S/C12H19N3O3S/c1-3-10-5-7-11(8-6-10)15(9-12(16)14-13)19(17,18)4-2/h5-8H,3-4,9,13H2,1-2H3,(H,14,16). The highest BCUT2D eigenvalue weighted by molar-refractivity contribution is 7.92. The molecule has 0 spiro atoms. The third kappa shape index (κ3) is 3.93. The second-order valence-electron chi connectivity index (χ2n) is 3.99. The molecule has 1 rings (SSSR count). The normalized spacial score (nSPS) is 11.1. The van der Waals surface area contributed by atoms with Gasteiger partial charge in [-0.1, -0.05) is 19.1 Å². The molecule has 1 aromatic rings. The van der Waals surface area contributed by atoms with Crippen LogP contribution in [0.2, 0.25) is 0 Å². The predicted octanol–water partition coefficient (Wildman–Crippen LogP) is 0.395. The van der Waals surface area contributed by atoms with Gasteiger partial charge in [-0.15, -0.1) is 0 Å². The maximum absolute atomic E-state index is 12.0. The number of carbonyl (C=O) groups excluding carboxylic acids is 1. The molecule has 19 heavy (non-hydrogen) atoms. The number of anilines is 1. The van der Waals surface area contributed by atoms with Crippen molar-refractivity contribution in [3.63, 3.8) is 0 Å². The first-order valence-corrected chi connectivity index (χ1v) is 7.64. The third-order valence-electron chi connectivity index (χ3n) is 2.78. The highest BCUT2D eigenvalue weighted by Gasteiger charge is 2.22. The number of hydrogen-bond donors (Lipinski definition) is 2. The Kier molecular flexibility index (Phi) is 5.31. The monoisotopic (exact) mass is 285 g/mol. The van der Waals surface area contributed by atoms with Crippen molar-refractivity contribution in [1.82, 2.24) is 5.43 Å². The van der Waals surface area contributed by atoms with Gasteiger partial charge in [0, 0.05) is 0 Å². The summed E-state index contributed by atoms with van der Waals surface area (Å²) in [6.45, 7) is 3.22. The molecule has 0 radical (unpaired) electrons.